The van der Waals surface area contributed by atoms with Gasteiger partial charge in [0.15, 0.2) is 4.90 Å². The lowest BCUT2D eigenvalue weighted by molar-refractivity contribution is 0.0283. The Morgan fingerprint density at radius 2 is 1.79 bits per heavy atom. The van der Waals surface area contributed by atoms with Crippen LogP contribution in [0.15, 0.2) is 41.3 Å². The summed E-state index contributed by atoms with van der Waals surface area (Å²) in [6.07, 6.45) is 0.0164. The predicted molar refractivity (Wildman–Crippen MR) is 150 cm³/mol. The Morgan fingerprint density at radius 3 is 2.37 bits per heavy atom. The maximum atomic E-state index is 12.9. The van der Waals surface area contributed by atoms with E-state index >= 15 is 0 Å². The number of ether oxygens (including phenoxy) is 2. The zero-order chi connectivity index (χ0) is 28.6. The molecule has 3 N–H and O–H groups in total. The van der Waals surface area contributed by atoms with E-state index in [0.29, 0.717) is 34.5 Å². The number of carbonyl (C=O) groups is 2. The molecule has 0 fully saturated rings. The van der Waals surface area contributed by atoms with E-state index < -0.39 is 36.1 Å². The van der Waals surface area contributed by atoms with Crippen molar-refractivity contribution in [2.24, 2.45) is 0 Å². The maximum Gasteiger partial charge on any atom is 0.488 e. The van der Waals surface area contributed by atoms with Gasteiger partial charge in [-0.25, -0.2) is 9.59 Å². The molecule has 0 aromatic heterocycles. The van der Waals surface area contributed by atoms with E-state index in [1.807, 2.05) is 20.8 Å². The first kappa shape index (κ1) is 31.5. The van der Waals surface area contributed by atoms with Crippen molar-refractivity contribution in [2.45, 2.75) is 76.7 Å². The monoisotopic (exact) mass is 546 g/mol. The number of hydrogen-bond acceptors (Lipinski definition) is 7. The fourth-order valence-electron chi connectivity index (χ4n) is 3.68. The van der Waals surface area contributed by atoms with Crippen LogP contribution in [0.1, 0.15) is 58.2 Å². The van der Waals surface area contributed by atoms with Gasteiger partial charge in [-0.3, -0.25) is 5.32 Å². The Kier molecular flexibility index (Phi) is 11.5. The number of hydrogen-bond donors (Lipinski definition) is 3. The standard InChI is InChI=1S/C27H39BN2O7S/c1-8-19-15-22(28(33)34)10-9-20(19)13-14-36-25(31)29-23-11-12-24(38(35)18(2)3)21(16-23)17-30(7)26(32)37-27(4,5)6/h9-12,15-16,18,33-34H,8,13-14,17H2,1-7H3,(H,29,31). The van der Waals surface area contributed by atoms with Crippen molar-refractivity contribution in [1.82, 2.24) is 4.90 Å². The fourth-order valence-corrected chi connectivity index (χ4v) is 4.77. The lowest BCUT2D eigenvalue weighted by Crippen LogP contribution is -2.34. The van der Waals surface area contributed by atoms with Gasteiger partial charge in [0.1, 0.15) is 10.9 Å². The van der Waals surface area contributed by atoms with Gasteiger partial charge >= 0.3 is 19.3 Å². The Morgan fingerprint density at radius 1 is 1.11 bits per heavy atom. The predicted octanol–water partition coefficient (Wildman–Crippen LogP) is 3.60. The summed E-state index contributed by atoms with van der Waals surface area (Å²) in [5.74, 6) is 0. The zero-order valence-electron chi connectivity index (χ0n) is 23.2. The van der Waals surface area contributed by atoms with Crippen LogP contribution in [0.5, 0.6) is 0 Å². The first-order valence-electron chi connectivity index (χ1n) is 12.6. The average Bonchev–Trinajstić information content (AvgIpc) is 2.82. The number of anilines is 1. The van der Waals surface area contributed by atoms with Crippen LogP contribution in [-0.4, -0.2) is 63.3 Å². The highest BCUT2D eigenvalue weighted by Crippen LogP contribution is 2.26. The Labute approximate surface area is 228 Å². The molecule has 0 heterocycles. The minimum absolute atomic E-state index is 0.129. The van der Waals surface area contributed by atoms with Gasteiger partial charge in [-0.1, -0.05) is 25.1 Å². The molecule has 0 bridgehead atoms. The third kappa shape index (κ3) is 9.54. The molecular weight excluding hydrogens is 507 g/mol. The first-order chi connectivity index (χ1) is 17.7. The second-order valence-electron chi connectivity index (χ2n) is 10.3. The van der Waals surface area contributed by atoms with Gasteiger partial charge in [0.2, 0.25) is 0 Å². The molecule has 0 aliphatic heterocycles. The van der Waals surface area contributed by atoms with Crippen LogP contribution >= 0.6 is 0 Å². The first-order valence-corrected chi connectivity index (χ1v) is 13.8. The van der Waals surface area contributed by atoms with Gasteiger partial charge in [0.05, 0.1) is 13.2 Å². The van der Waals surface area contributed by atoms with E-state index in [9.17, 15) is 24.2 Å². The van der Waals surface area contributed by atoms with Crippen molar-refractivity contribution < 1.29 is 33.7 Å². The molecule has 0 aliphatic carbocycles. The molecule has 1 atom stereocenters. The molecule has 9 nitrogen and oxygen atoms in total. The van der Waals surface area contributed by atoms with E-state index in [4.69, 9.17) is 9.47 Å². The molecule has 1 unspecified atom stereocenters. The number of benzene rings is 2. The van der Waals surface area contributed by atoms with Crippen molar-refractivity contribution in [1.29, 1.82) is 0 Å². The molecule has 2 aromatic carbocycles. The van der Waals surface area contributed by atoms with Crippen LogP contribution in [0.3, 0.4) is 0 Å². The zero-order valence-corrected chi connectivity index (χ0v) is 24.1. The molecule has 2 amide bonds. The summed E-state index contributed by atoms with van der Waals surface area (Å²) in [5.41, 5.74) is 2.75. The minimum atomic E-state index is -1.53. The Hall–Kier alpha value is -2.73. The van der Waals surface area contributed by atoms with Crippen LogP contribution in [0.25, 0.3) is 0 Å². The average molecular weight is 546 g/mol. The highest BCUT2D eigenvalue weighted by atomic mass is 32.2. The van der Waals surface area contributed by atoms with Crippen molar-refractivity contribution >= 4 is 41.6 Å². The second-order valence-corrected chi connectivity index (χ2v) is 12.2. The summed E-state index contributed by atoms with van der Waals surface area (Å²) in [5, 5.41) is 21.3. The molecule has 2 aromatic rings. The molecule has 11 heteroatoms. The van der Waals surface area contributed by atoms with E-state index in [0.717, 1.165) is 11.1 Å². The summed E-state index contributed by atoms with van der Waals surface area (Å²) in [4.78, 5) is 26.9. The molecule has 2 rings (SSSR count). The number of nitrogens with one attached hydrogen (secondary N) is 1. The molecule has 0 aliphatic rings. The number of aryl methyl sites for hydroxylation is 1. The SMILES string of the molecule is CCc1cc(B(O)O)ccc1CCOC(=O)Nc1ccc([S+]([O-])C(C)C)c(CN(C)C(=O)OC(C)(C)C)c1. The summed E-state index contributed by atoms with van der Waals surface area (Å²) in [6.45, 7) is 11.3. The number of rotatable bonds is 10. The van der Waals surface area contributed by atoms with Crippen LogP contribution in [-0.2, 0) is 40.0 Å². The Balaban J connectivity index is 2.10. The van der Waals surface area contributed by atoms with Gasteiger partial charge in [-0.2, -0.15) is 0 Å². The van der Waals surface area contributed by atoms with Gasteiger partial charge in [-0.05, 0) is 87.0 Å². The van der Waals surface area contributed by atoms with Crippen molar-refractivity contribution in [3.63, 3.8) is 0 Å². The van der Waals surface area contributed by atoms with E-state index in [1.54, 1.807) is 64.2 Å². The topological polar surface area (TPSA) is 131 Å². The second kappa shape index (κ2) is 13.9. The van der Waals surface area contributed by atoms with Gasteiger partial charge < -0.3 is 29.0 Å². The van der Waals surface area contributed by atoms with Crippen molar-refractivity contribution in [3.8, 4) is 0 Å². The number of amides is 2. The number of nitrogens with zero attached hydrogens (tertiary/aromatic N) is 1. The smallest absolute Gasteiger partial charge is 0.488 e. The van der Waals surface area contributed by atoms with Crippen molar-refractivity contribution in [3.05, 3.63) is 53.1 Å². The highest BCUT2D eigenvalue weighted by Gasteiger charge is 2.25. The molecule has 0 spiro atoms. The van der Waals surface area contributed by atoms with Gasteiger partial charge in [-0.15, -0.1) is 0 Å². The lowest BCUT2D eigenvalue weighted by Gasteiger charge is -2.26. The normalized spacial score (nSPS) is 12.2. The van der Waals surface area contributed by atoms with E-state index in [2.05, 4.69) is 5.32 Å². The van der Waals surface area contributed by atoms with Crippen molar-refractivity contribution in [2.75, 3.05) is 19.0 Å². The highest BCUT2D eigenvalue weighted by molar-refractivity contribution is 7.92. The van der Waals surface area contributed by atoms with Crippen LogP contribution in [0.4, 0.5) is 15.3 Å². The largest absolute Gasteiger partial charge is 0.611 e. The summed E-state index contributed by atoms with van der Waals surface area (Å²) < 4.78 is 23.7. The van der Waals surface area contributed by atoms with E-state index in [1.165, 1.54) is 4.90 Å². The minimum Gasteiger partial charge on any atom is -0.611 e. The van der Waals surface area contributed by atoms with Gasteiger partial charge in [0, 0.05) is 24.7 Å². The van der Waals surface area contributed by atoms with Crippen LogP contribution < -0.4 is 10.8 Å². The third-order valence-electron chi connectivity index (χ3n) is 5.58. The summed E-state index contributed by atoms with van der Waals surface area (Å²) in [6, 6.07) is 10.2. The van der Waals surface area contributed by atoms with E-state index in [-0.39, 0.29) is 18.4 Å². The fraction of sp³-hybridized carbons (Fsp3) is 0.481. The summed E-state index contributed by atoms with van der Waals surface area (Å²) in [7, 11) is 0.0672. The quantitative estimate of drug-likeness (QED) is 0.307. The molecule has 0 radical (unpaired) electrons. The van der Waals surface area contributed by atoms with Crippen LogP contribution in [0, 0.1) is 0 Å². The maximum absolute atomic E-state index is 12.9. The van der Waals surface area contributed by atoms with Gasteiger partial charge in [0.25, 0.3) is 0 Å². The molecule has 0 saturated heterocycles. The third-order valence-corrected chi connectivity index (χ3v) is 7.27. The lowest BCUT2D eigenvalue weighted by atomic mass is 9.78. The molecular formula is C27H39BN2O7S. The molecule has 208 valence electrons. The van der Waals surface area contributed by atoms with Crippen LogP contribution in [0.2, 0.25) is 0 Å². The Bertz CT molecular complexity index is 1110. The number of carbonyl (C=O) groups excluding carboxylic acids is 2. The molecule has 0 saturated carbocycles. The summed E-state index contributed by atoms with van der Waals surface area (Å²) >= 11 is -1.30. The molecule has 38 heavy (non-hydrogen) atoms.